The Morgan fingerprint density at radius 1 is 1.27 bits per heavy atom. The molecule has 2 heteroatoms. The van der Waals surface area contributed by atoms with Crippen molar-refractivity contribution >= 4 is 0 Å². The Labute approximate surface area is 69.2 Å². The van der Waals surface area contributed by atoms with E-state index in [9.17, 15) is 0 Å². The Hall–Kier alpha value is -0.0800. The van der Waals surface area contributed by atoms with Gasteiger partial charge in [0.05, 0.1) is 0 Å². The summed E-state index contributed by atoms with van der Waals surface area (Å²) in [5.41, 5.74) is -0.379. The second-order valence-corrected chi connectivity index (χ2v) is 3.88. The van der Waals surface area contributed by atoms with Gasteiger partial charge in [-0.3, -0.25) is 0 Å². The van der Waals surface area contributed by atoms with Gasteiger partial charge in [0.1, 0.15) is 0 Å². The molecular weight excluding hydrogens is 140 g/mol. The highest BCUT2D eigenvalue weighted by Crippen LogP contribution is 2.32. The topological polar surface area (TPSA) is 40.5 Å². The van der Waals surface area contributed by atoms with Crippen molar-refractivity contribution in [2.75, 3.05) is 0 Å². The van der Waals surface area contributed by atoms with Crippen LogP contribution in [0.1, 0.15) is 40.5 Å². The highest BCUT2D eigenvalue weighted by molar-refractivity contribution is 4.76. The van der Waals surface area contributed by atoms with Crippen molar-refractivity contribution < 1.29 is 10.2 Å². The lowest BCUT2D eigenvalue weighted by Crippen LogP contribution is -2.35. The first-order valence-corrected chi connectivity index (χ1v) is 4.29. The zero-order valence-corrected chi connectivity index (χ0v) is 7.96. The minimum absolute atomic E-state index is 0.354. The molecule has 1 unspecified atom stereocenters. The van der Waals surface area contributed by atoms with Crippen LogP contribution in [0.4, 0.5) is 0 Å². The number of hydrogen-bond acceptors (Lipinski definition) is 2. The second kappa shape index (κ2) is 4.07. The van der Waals surface area contributed by atoms with E-state index in [1.807, 2.05) is 13.8 Å². The molecule has 0 aliphatic carbocycles. The number of hydrogen-bond donors (Lipinski definition) is 2. The third-order valence-electron chi connectivity index (χ3n) is 2.66. The SMILES string of the molecule is CCCC(C)C(C)(C)C(O)O. The second-order valence-electron chi connectivity index (χ2n) is 3.88. The van der Waals surface area contributed by atoms with Crippen molar-refractivity contribution in [1.29, 1.82) is 0 Å². The van der Waals surface area contributed by atoms with Crippen LogP contribution in [0.15, 0.2) is 0 Å². The van der Waals surface area contributed by atoms with Crippen molar-refractivity contribution in [2.24, 2.45) is 11.3 Å². The van der Waals surface area contributed by atoms with Gasteiger partial charge in [-0.15, -0.1) is 0 Å². The molecule has 0 amide bonds. The summed E-state index contributed by atoms with van der Waals surface area (Å²) in [7, 11) is 0. The van der Waals surface area contributed by atoms with Gasteiger partial charge in [0.15, 0.2) is 6.29 Å². The van der Waals surface area contributed by atoms with Gasteiger partial charge in [0.2, 0.25) is 0 Å². The Morgan fingerprint density at radius 3 is 2.00 bits per heavy atom. The molecule has 2 nitrogen and oxygen atoms in total. The molecule has 0 radical (unpaired) electrons. The summed E-state index contributed by atoms with van der Waals surface area (Å²) in [6.45, 7) is 7.94. The van der Waals surface area contributed by atoms with E-state index in [4.69, 9.17) is 10.2 Å². The summed E-state index contributed by atoms with van der Waals surface area (Å²) in [5.74, 6) is 0.354. The molecule has 0 aromatic rings. The normalized spacial score (nSPS) is 15.5. The molecule has 0 aromatic carbocycles. The van der Waals surface area contributed by atoms with Crippen LogP contribution in [0.5, 0.6) is 0 Å². The van der Waals surface area contributed by atoms with Crippen molar-refractivity contribution in [3.05, 3.63) is 0 Å². The first-order chi connectivity index (χ1) is 4.92. The lowest BCUT2D eigenvalue weighted by Gasteiger charge is -2.33. The molecule has 0 saturated carbocycles. The van der Waals surface area contributed by atoms with Crippen LogP contribution in [-0.2, 0) is 0 Å². The molecule has 0 aliphatic rings. The Morgan fingerprint density at radius 2 is 1.73 bits per heavy atom. The Bertz CT molecular complexity index is 108. The van der Waals surface area contributed by atoms with Crippen LogP contribution in [0.3, 0.4) is 0 Å². The quantitative estimate of drug-likeness (QED) is 0.615. The molecule has 0 bridgehead atoms. The smallest absolute Gasteiger partial charge is 0.156 e. The number of rotatable bonds is 4. The molecule has 0 spiro atoms. The van der Waals surface area contributed by atoms with Gasteiger partial charge >= 0.3 is 0 Å². The predicted octanol–water partition coefficient (Wildman–Crippen LogP) is 1.76. The molecule has 0 saturated heterocycles. The zero-order valence-electron chi connectivity index (χ0n) is 7.96. The maximum absolute atomic E-state index is 9.03. The number of aliphatic hydroxyl groups is 2. The average molecular weight is 160 g/mol. The van der Waals surface area contributed by atoms with Crippen LogP contribution in [0.2, 0.25) is 0 Å². The van der Waals surface area contributed by atoms with Crippen molar-refractivity contribution in [3.63, 3.8) is 0 Å². The maximum atomic E-state index is 9.03. The van der Waals surface area contributed by atoms with E-state index in [1.165, 1.54) is 0 Å². The van der Waals surface area contributed by atoms with Crippen LogP contribution in [0.25, 0.3) is 0 Å². The van der Waals surface area contributed by atoms with E-state index >= 15 is 0 Å². The summed E-state index contributed by atoms with van der Waals surface area (Å²) < 4.78 is 0. The van der Waals surface area contributed by atoms with Gasteiger partial charge in [-0.2, -0.15) is 0 Å². The van der Waals surface area contributed by atoms with Crippen LogP contribution in [0, 0.1) is 11.3 Å². The van der Waals surface area contributed by atoms with E-state index in [1.54, 1.807) is 0 Å². The van der Waals surface area contributed by atoms with Gasteiger partial charge in [-0.05, 0) is 5.92 Å². The van der Waals surface area contributed by atoms with Gasteiger partial charge in [-0.1, -0.05) is 40.5 Å². The standard InChI is InChI=1S/C9H20O2/c1-5-6-7(2)9(3,4)8(10)11/h7-8,10-11H,5-6H2,1-4H3. The highest BCUT2D eigenvalue weighted by atomic mass is 16.5. The van der Waals surface area contributed by atoms with E-state index in [2.05, 4.69) is 13.8 Å². The predicted molar refractivity (Wildman–Crippen MR) is 46.1 cm³/mol. The van der Waals surface area contributed by atoms with E-state index < -0.39 is 6.29 Å². The molecule has 0 aromatic heterocycles. The molecular formula is C9H20O2. The van der Waals surface area contributed by atoms with Gasteiger partial charge in [0.25, 0.3) is 0 Å². The largest absolute Gasteiger partial charge is 0.368 e. The first kappa shape index (κ1) is 10.9. The van der Waals surface area contributed by atoms with Gasteiger partial charge in [-0.25, -0.2) is 0 Å². The van der Waals surface area contributed by atoms with Crippen LogP contribution in [-0.4, -0.2) is 16.5 Å². The van der Waals surface area contributed by atoms with Crippen LogP contribution < -0.4 is 0 Å². The van der Waals surface area contributed by atoms with E-state index in [0.717, 1.165) is 12.8 Å². The van der Waals surface area contributed by atoms with E-state index in [0.29, 0.717) is 5.92 Å². The molecule has 0 rings (SSSR count). The minimum Gasteiger partial charge on any atom is -0.368 e. The molecule has 1 atom stereocenters. The molecule has 0 heterocycles. The molecule has 11 heavy (non-hydrogen) atoms. The lowest BCUT2D eigenvalue weighted by molar-refractivity contribution is -0.141. The van der Waals surface area contributed by atoms with Crippen molar-refractivity contribution in [3.8, 4) is 0 Å². The van der Waals surface area contributed by atoms with Gasteiger partial charge < -0.3 is 10.2 Å². The maximum Gasteiger partial charge on any atom is 0.156 e. The Balaban J connectivity index is 4.05. The molecule has 0 fully saturated rings. The summed E-state index contributed by atoms with van der Waals surface area (Å²) in [5, 5.41) is 18.1. The summed E-state index contributed by atoms with van der Waals surface area (Å²) in [6, 6.07) is 0. The summed E-state index contributed by atoms with van der Waals surface area (Å²) >= 11 is 0. The fraction of sp³-hybridized carbons (Fsp3) is 1.00. The van der Waals surface area contributed by atoms with E-state index in [-0.39, 0.29) is 5.41 Å². The fourth-order valence-corrected chi connectivity index (χ4v) is 1.06. The van der Waals surface area contributed by atoms with Crippen molar-refractivity contribution in [1.82, 2.24) is 0 Å². The first-order valence-electron chi connectivity index (χ1n) is 4.29. The van der Waals surface area contributed by atoms with Gasteiger partial charge in [0, 0.05) is 5.41 Å². The lowest BCUT2D eigenvalue weighted by atomic mass is 9.77. The fourth-order valence-electron chi connectivity index (χ4n) is 1.06. The zero-order chi connectivity index (χ0) is 9.07. The highest BCUT2D eigenvalue weighted by Gasteiger charge is 2.31. The molecule has 68 valence electrons. The average Bonchev–Trinajstić information content (AvgIpc) is 1.88. The monoisotopic (exact) mass is 160 g/mol. The minimum atomic E-state index is -1.20. The molecule has 2 N–H and O–H groups in total. The third-order valence-corrected chi connectivity index (χ3v) is 2.66. The number of aliphatic hydroxyl groups excluding tert-OH is 1. The summed E-state index contributed by atoms with van der Waals surface area (Å²) in [4.78, 5) is 0. The summed E-state index contributed by atoms with van der Waals surface area (Å²) in [6.07, 6.45) is 0.936. The van der Waals surface area contributed by atoms with Crippen molar-refractivity contribution in [2.45, 2.75) is 46.8 Å². The third kappa shape index (κ3) is 2.80. The van der Waals surface area contributed by atoms with Crippen LogP contribution >= 0.6 is 0 Å². The molecule has 0 aliphatic heterocycles. The Kier molecular flexibility index (Phi) is 4.04.